The number of amides is 3. The van der Waals surface area contributed by atoms with E-state index in [9.17, 15) is 24.0 Å². The SMILES string of the molecule is CC.CCOC(=O)N1CC=C(c2cccn3nc(Nc4ccc(C(=O)C5CC(NC)C5)cc4)nc23)CC1.CCOC(=O)N1CC=C(c2cccn3nc(Nc4ccc(C(=O)O)cc4)nc23)CC1.CN(C(=O)OC(C)(C)C)C1CNC1. The molecule has 0 bridgehead atoms. The Kier molecular flexibility index (Phi) is 20.4. The van der Waals surface area contributed by atoms with Crippen LogP contribution in [-0.2, 0) is 14.2 Å². The number of likely N-dealkylation sites (N-methyl/N-ethyl adjacent to an activating group) is 1. The Balaban J connectivity index is 0.000000186. The van der Waals surface area contributed by atoms with Gasteiger partial charge in [-0.3, -0.25) is 4.79 Å². The number of benzene rings is 2. The fourth-order valence-electron chi connectivity index (χ4n) is 9.01. The molecule has 3 amide bonds. The molecule has 2 aromatic carbocycles. The van der Waals surface area contributed by atoms with Crippen molar-refractivity contribution < 1.29 is 43.3 Å². The number of rotatable bonds is 13. The summed E-state index contributed by atoms with van der Waals surface area (Å²) in [4.78, 5) is 73.3. The largest absolute Gasteiger partial charge is 0.478 e. The van der Waals surface area contributed by atoms with Crippen molar-refractivity contribution in [3.63, 3.8) is 0 Å². The van der Waals surface area contributed by atoms with Gasteiger partial charge in [-0.05, 0) is 151 Å². The van der Waals surface area contributed by atoms with Crippen LogP contribution < -0.4 is 21.3 Å². The molecule has 7 heterocycles. The summed E-state index contributed by atoms with van der Waals surface area (Å²) in [5.74, 6) is 0.246. The number of carbonyl (C=O) groups excluding carboxylic acids is 4. The summed E-state index contributed by atoms with van der Waals surface area (Å²) in [7, 11) is 3.72. The molecule has 22 heteroatoms. The number of fused-ring (bicyclic) bond motifs is 2. The van der Waals surface area contributed by atoms with E-state index in [1.54, 1.807) is 49.8 Å². The van der Waals surface area contributed by atoms with Crippen LogP contribution in [0.5, 0.6) is 0 Å². The van der Waals surface area contributed by atoms with Crippen molar-refractivity contribution in [2.75, 3.05) is 77.2 Å². The minimum absolute atomic E-state index is 0.114. The van der Waals surface area contributed by atoms with Crippen molar-refractivity contribution in [1.29, 1.82) is 0 Å². The van der Waals surface area contributed by atoms with Gasteiger partial charge in [-0.2, -0.15) is 9.97 Å². The molecule has 0 spiro atoms. The third-order valence-corrected chi connectivity index (χ3v) is 13.6. The Morgan fingerprint density at radius 2 is 1.18 bits per heavy atom. The maximum absolute atomic E-state index is 12.6. The Morgan fingerprint density at radius 3 is 1.55 bits per heavy atom. The number of hydrogen-bond acceptors (Lipinski definition) is 16. The minimum atomic E-state index is -0.973. The van der Waals surface area contributed by atoms with E-state index in [-0.39, 0.29) is 35.5 Å². The van der Waals surface area contributed by atoms with E-state index in [1.807, 2.05) is 122 Å². The van der Waals surface area contributed by atoms with Crippen LogP contribution in [0, 0.1) is 5.92 Å². The molecule has 22 nitrogen and oxygen atoms in total. The number of anilines is 4. The maximum atomic E-state index is 12.6. The topological polar surface area (TPSA) is 251 Å². The number of carboxylic acid groups (broad SMARTS) is 1. The van der Waals surface area contributed by atoms with Crippen LogP contribution in [0.4, 0.5) is 37.7 Å². The van der Waals surface area contributed by atoms with Gasteiger partial charge in [0.05, 0.1) is 24.8 Å². The number of aromatic carboxylic acids is 1. The number of carboxylic acids is 1. The highest BCUT2D eigenvalue weighted by Crippen LogP contribution is 2.32. The molecule has 0 unspecified atom stereocenters. The highest BCUT2D eigenvalue weighted by atomic mass is 16.6. The second kappa shape index (κ2) is 27.5. The molecule has 2 fully saturated rings. The van der Waals surface area contributed by atoms with Gasteiger partial charge in [0, 0.05) is 98.7 Å². The summed E-state index contributed by atoms with van der Waals surface area (Å²) in [6.45, 7) is 17.9. The average molecular weight is 1100 g/mol. The van der Waals surface area contributed by atoms with Crippen molar-refractivity contribution in [1.82, 2.24) is 54.5 Å². The molecule has 6 aromatic rings. The molecule has 1 saturated heterocycles. The van der Waals surface area contributed by atoms with Crippen molar-refractivity contribution in [3.8, 4) is 0 Å². The fourth-order valence-corrected chi connectivity index (χ4v) is 9.01. The van der Waals surface area contributed by atoms with E-state index in [0.717, 1.165) is 71.5 Å². The summed E-state index contributed by atoms with van der Waals surface area (Å²) in [6.07, 6.45) is 10.2. The van der Waals surface area contributed by atoms with Gasteiger partial charge in [0.15, 0.2) is 17.1 Å². The van der Waals surface area contributed by atoms with E-state index in [4.69, 9.17) is 24.3 Å². The van der Waals surface area contributed by atoms with E-state index in [2.05, 4.69) is 36.4 Å². The number of carbonyl (C=O) groups is 5. The van der Waals surface area contributed by atoms with Gasteiger partial charge in [0.1, 0.15) is 5.60 Å². The zero-order valence-electron chi connectivity index (χ0n) is 47.2. The van der Waals surface area contributed by atoms with Crippen molar-refractivity contribution in [3.05, 3.63) is 120 Å². The van der Waals surface area contributed by atoms with Crippen LogP contribution in [0.3, 0.4) is 0 Å². The van der Waals surface area contributed by atoms with Crippen LogP contribution in [0.15, 0.2) is 97.3 Å². The van der Waals surface area contributed by atoms with Crippen molar-refractivity contribution >= 4 is 75.7 Å². The lowest BCUT2D eigenvalue weighted by atomic mass is 9.76. The summed E-state index contributed by atoms with van der Waals surface area (Å²) >= 11 is 0. The first-order valence-electron chi connectivity index (χ1n) is 27.3. The van der Waals surface area contributed by atoms with Crippen molar-refractivity contribution in [2.24, 2.45) is 5.92 Å². The molecular formula is C58H75N13O9. The Labute approximate surface area is 466 Å². The molecule has 0 atom stereocenters. The predicted molar refractivity (Wildman–Crippen MR) is 307 cm³/mol. The third-order valence-electron chi connectivity index (χ3n) is 13.6. The second-order valence-corrected chi connectivity index (χ2v) is 20.1. The number of pyridine rings is 2. The molecule has 5 N–H and O–H groups in total. The number of ketones is 1. The quantitative estimate of drug-likeness (QED) is 0.0534. The predicted octanol–water partition coefficient (Wildman–Crippen LogP) is 9.17. The van der Waals surface area contributed by atoms with Gasteiger partial charge >= 0.3 is 24.2 Å². The lowest BCUT2D eigenvalue weighted by Gasteiger charge is -2.36. The highest BCUT2D eigenvalue weighted by molar-refractivity contribution is 5.99. The Hall–Kier alpha value is -8.37. The number of nitrogens with zero attached hydrogens (tertiary/aromatic N) is 9. The molecule has 1 aliphatic carbocycles. The van der Waals surface area contributed by atoms with Crippen LogP contribution in [0.1, 0.15) is 106 Å². The van der Waals surface area contributed by atoms with Gasteiger partial charge in [-0.1, -0.05) is 26.0 Å². The first kappa shape index (κ1) is 59.3. The lowest BCUT2D eigenvalue weighted by molar-refractivity contribution is 0.0173. The van der Waals surface area contributed by atoms with E-state index >= 15 is 0 Å². The summed E-state index contributed by atoms with van der Waals surface area (Å²) in [5, 5.41) is 30.7. The number of hydrogen-bond donors (Lipinski definition) is 5. The maximum Gasteiger partial charge on any atom is 0.410 e. The van der Waals surface area contributed by atoms with E-state index < -0.39 is 11.6 Å². The first-order chi connectivity index (χ1) is 38.5. The van der Waals surface area contributed by atoms with Crippen LogP contribution in [0.25, 0.3) is 22.4 Å². The zero-order valence-corrected chi connectivity index (χ0v) is 47.2. The molecule has 4 aromatic heterocycles. The van der Waals surface area contributed by atoms with Gasteiger partial charge in [-0.15, -0.1) is 10.2 Å². The monoisotopic (exact) mass is 1100 g/mol. The third kappa shape index (κ3) is 15.3. The van der Waals surface area contributed by atoms with Gasteiger partial charge in [0.2, 0.25) is 11.9 Å². The summed E-state index contributed by atoms with van der Waals surface area (Å²) in [5.41, 5.74) is 7.72. The van der Waals surface area contributed by atoms with E-state index in [0.29, 0.717) is 81.1 Å². The molecule has 1 saturated carbocycles. The van der Waals surface area contributed by atoms with Gasteiger partial charge < -0.3 is 55.3 Å². The number of ether oxygens (including phenoxy) is 3. The molecule has 10 rings (SSSR count). The molecule has 80 heavy (non-hydrogen) atoms. The lowest BCUT2D eigenvalue weighted by Crippen LogP contribution is -2.58. The van der Waals surface area contributed by atoms with E-state index in [1.165, 1.54) is 12.1 Å². The number of aromatic nitrogens is 6. The normalized spacial score (nSPS) is 16.8. The average Bonchev–Trinajstić information content (AvgIpc) is 4.14. The highest BCUT2D eigenvalue weighted by Gasteiger charge is 2.34. The molecule has 0 radical (unpaired) electrons. The number of nitrogens with one attached hydrogen (secondary N) is 4. The summed E-state index contributed by atoms with van der Waals surface area (Å²) < 4.78 is 18.8. The van der Waals surface area contributed by atoms with Crippen LogP contribution in [-0.4, -0.2) is 163 Å². The first-order valence-corrected chi connectivity index (χ1v) is 27.3. The molecule has 3 aliphatic heterocycles. The van der Waals surface area contributed by atoms with Crippen LogP contribution >= 0.6 is 0 Å². The fraction of sp³-hybridized carbons (Fsp3) is 0.431. The second-order valence-electron chi connectivity index (χ2n) is 20.1. The minimum Gasteiger partial charge on any atom is -0.478 e. The standard InChI is InChI=1S/C26H30N6O3.C21H21N5O4.C9H18N2O2.C2H6/c1-3-35-26(34)31-13-10-17(11-14-31)22-5-4-12-32-24(22)29-25(30-32)28-20-8-6-18(7-9-20)23(33)19-15-21(16-19)27-2;1-2-30-21(29)25-12-9-14(10-13-25)17-4-3-11-26-18(17)23-20(24-26)22-16-7-5-15(6-8-16)19(27)28;1-9(2,3)13-8(12)11(4)7-5-10-6-7;1-2/h4-10,12,19,21,27H,3,11,13-16H2,1-2H3,(H,28,30);3-9,11H,2,10,12-13H2,1H3,(H,22,24)(H,27,28);7,10H,5-6H2,1-4H3;1-2H3. The Bertz CT molecular complexity index is 3160. The summed E-state index contributed by atoms with van der Waals surface area (Å²) in [6, 6.07) is 22.5. The van der Waals surface area contributed by atoms with Gasteiger partial charge in [0.25, 0.3) is 0 Å². The smallest absolute Gasteiger partial charge is 0.410 e. The number of Topliss-reactive ketones (excluding diaryl/α,β-unsaturated/α-hetero) is 1. The molecule has 4 aliphatic rings. The van der Waals surface area contributed by atoms with Crippen LogP contribution in [0.2, 0.25) is 0 Å². The zero-order chi connectivity index (χ0) is 57.5. The Morgan fingerprint density at radius 1 is 0.713 bits per heavy atom. The molecule has 426 valence electrons. The molecular weight excluding hydrogens is 1020 g/mol. The van der Waals surface area contributed by atoms with Gasteiger partial charge in [-0.25, -0.2) is 28.2 Å². The van der Waals surface area contributed by atoms with Crippen molar-refractivity contribution in [2.45, 2.75) is 91.8 Å².